The van der Waals surface area contributed by atoms with Crippen LogP contribution in [0.2, 0.25) is 0 Å². The molecule has 0 aliphatic heterocycles. The van der Waals surface area contributed by atoms with Gasteiger partial charge in [-0.3, -0.25) is 4.79 Å². The van der Waals surface area contributed by atoms with Gasteiger partial charge in [0.2, 0.25) is 0 Å². The Morgan fingerprint density at radius 3 is 2.26 bits per heavy atom. The zero-order valence-electron chi connectivity index (χ0n) is 12.2. The molecule has 0 radical (unpaired) electrons. The first-order chi connectivity index (χ1) is 9.24. The average molecular weight is 264 g/mol. The van der Waals surface area contributed by atoms with E-state index in [1.54, 1.807) is 6.07 Å². The third-order valence-electron chi connectivity index (χ3n) is 3.01. The van der Waals surface area contributed by atoms with Gasteiger partial charge >= 0.3 is 0 Å². The Labute approximate surface area is 115 Å². The Morgan fingerprint density at radius 2 is 1.68 bits per heavy atom. The van der Waals surface area contributed by atoms with Crippen molar-refractivity contribution in [2.24, 2.45) is 0 Å². The Hall–Kier alpha value is -1.51. The number of aldehydes is 1. The van der Waals surface area contributed by atoms with Crippen LogP contribution in [0.3, 0.4) is 0 Å². The molecule has 3 nitrogen and oxygen atoms in total. The van der Waals surface area contributed by atoms with Crippen molar-refractivity contribution in [3.8, 4) is 11.5 Å². The monoisotopic (exact) mass is 264 g/mol. The first kappa shape index (κ1) is 15.5. The van der Waals surface area contributed by atoms with Crippen LogP contribution in [0, 0.1) is 6.92 Å². The summed E-state index contributed by atoms with van der Waals surface area (Å²) >= 11 is 0. The molecule has 0 heterocycles. The Balaban J connectivity index is 2.84. The zero-order valence-corrected chi connectivity index (χ0v) is 12.2. The molecule has 0 unspecified atom stereocenters. The number of ether oxygens (including phenoxy) is 2. The van der Waals surface area contributed by atoms with E-state index >= 15 is 0 Å². The van der Waals surface area contributed by atoms with Crippen LogP contribution < -0.4 is 9.47 Å². The molecule has 1 aromatic carbocycles. The molecule has 0 bridgehead atoms. The van der Waals surface area contributed by atoms with Gasteiger partial charge in [-0.05, 0) is 31.9 Å². The summed E-state index contributed by atoms with van der Waals surface area (Å²) in [4.78, 5) is 11.1. The molecule has 1 rings (SSSR count). The van der Waals surface area contributed by atoms with Crippen LogP contribution in [-0.2, 0) is 0 Å². The molecule has 0 atom stereocenters. The second-order valence-corrected chi connectivity index (χ2v) is 4.63. The largest absolute Gasteiger partial charge is 0.493 e. The standard InChI is InChI=1S/C16H24O3/c1-4-6-10-18-15-9-8-14(12-17)16(13(15)3)19-11-7-5-2/h8-9,12H,4-7,10-11H2,1-3H3. The topological polar surface area (TPSA) is 35.5 Å². The van der Waals surface area contributed by atoms with E-state index < -0.39 is 0 Å². The lowest BCUT2D eigenvalue weighted by atomic mass is 10.1. The first-order valence-corrected chi connectivity index (χ1v) is 7.08. The van der Waals surface area contributed by atoms with Gasteiger partial charge in [-0.15, -0.1) is 0 Å². The van der Waals surface area contributed by atoms with Crippen molar-refractivity contribution in [1.29, 1.82) is 0 Å². The minimum atomic E-state index is 0.594. The van der Waals surface area contributed by atoms with E-state index in [9.17, 15) is 4.79 Å². The van der Waals surface area contributed by atoms with Gasteiger partial charge in [0.15, 0.2) is 6.29 Å². The van der Waals surface area contributed by atoms with Gasteiger partial charge in [-0.1, -0.05) is 26.7 Å². The van der Waals surface area contributed by atoms with Crippen molar-refractivity contribution < 1.29 is 14.3 Å². The van der Waals surface area contributed by atoms with E-state index in [4.69, 9.17) is 9.47 Å². The highest BCUT2D eigenvalue weighted by atomic mass is 16.5. The molecule has 0 saturated heterocycles. The maximum atomic E-state index is 11.1. The number of unbranched alkanes of at least 4 members (excludes halogenated alkanes) is 2. The van der Waals surface area contributed by atoms with Crippen molar-refractivity contribution in [3.05, 3.63) is 23.3 Å². The molecule has 0 aliphatic carbocycles. The molecular weight excluding hydrogens is 240 g/mol. The normalized spacial score (nSPS) is 10.3. The summed E-state index contributed by atoms with van der Waals surface area (Å²) in [5, 5.41) is 0. The number of hydrogen-bond donors (Lipinski definition) is 0. The highest BCUT2D eigenvalue weighted by molar-refractivity contribution is 5.81. The molecule has 0 amide bonds. The SMILES string of the molecule is CCCCOc1ccc(C=O)c(OCCCC)c1C. The summed E-state index contributed by atoms with van der Waals surface area (Å²) in [6, 6.07) is 3.62. The van der Waals surface area contributed by atoms with Gasteiger partial charge in [0.05, 0.1) is 18.8 Å². The quantitative estimate of drug-likeness (QED) is 0.496. The van der Waals surface area contributed by atoms with Crippen molar-refractivity contribution >= 4 is 6.29 Å². The van der Waals surface area contributed by atoms with Gasteiger partial charge in [0.1, 0.15) is 11.5 Å². The van der Waals surface area contributed by atoms with Gasteiger partial charge in [0, 0.05) is 5.56 Å². The number of benzene rings is 1. The Bertz CT molecular complexity index is 399. The fourth-order valence-corrected chi connectivity index (χ4v) is 1.78. The fraction of sp³-hybridized carbons (Fsp3) is 0.562. The van der Waals surface area contributed by atoms with E-state index in [0.717, 1.165) is 43.3 Å². The third-order valence-corrected chi connectivity index (χ3v) is 3.01. The maximum absolute atomic E-state index is 11.1. The third kappa shape index (κ3) is 4.58. The molecule has 106 valence electrons. The lowest BCUT2D eigenvalue weighted by molar-refractivity contribution is 0.111. The Morgan fingerprint density at radius 1 is 1.05 bits per heavy atom. The van der Waals surface area contributed by atoms with Crippen LogP contribution in [-0.4, -0.2) is 19.5 Å². The average Bonchev–Trinajstić information content (AvgIpc) is 2.42. The summed E-state index contributed by atoms with van der Waals surface area (Å²) in [5.74, 6) is 1.47. The van der Waals surface area contributed by atoms with Crippen molar-refractivity contribution in [2.75, 3.05) is 13.2 Å². The summed E-state index contributed by atoms with van der Waals surface area (Å²) < 4.78 is 11.5. The molecule has 3 heteroatoms. The minimum absolute atomic E-state index is 0.594. The van der Waals surface area contributed by atoms with Crippen LogP contribution in [0.25, 0.3) is 0 Å². The summed E-state index contributed by atoms with van der Waals surface area (Å²) in [7, 11) is 0. The van der Waals surface area contributed by atoms with Crippen LogP contribution in [0.1, 0.15) is 55.5 Å². The number of rotatable bonds is 9. The fourth-order valence-electron chi connectivity index (χ4n) is 1.78. The van der Waals surface area contributed by atoms with Gasteiger partial charge in [-0.25, -0.2) is 0 Å². The van der Waals surface area contributed by atoms with E-state index in [-0.39, 0.29) is 0 Å². The van der Waals surface area contributed by atoms with Gasteiger partial charge in [0.25, 0.3) is 0 Å². The first-order valence-electron chi connectivity index (χ1n) is 7.08. The van der Waals surface area contributed by atoms with Crippen LogP contribution in [0.4, 0.5) is 0 Å². The molecule has 0 N–H and O–H groups in total. The lowest BCUT2D eigenvalue weighted by Crippen LogP contribution is -2.04. The van der Waals surface area contributed by atoms with Crippen molar-refractivity contribution in [3.63, 3.8) is 0 Å². The van der Waals surface area contributed by atoms with E-state index in [0.29, 0.717) is 24.5 Å². The Kier molecular flexibility index (Phi) is 7.01. The molecule has 0 aromatic heterocycles. The highest BCUT2D eigenvalue weighted by Crippen LogP contribution is 2.31. The van der Waals surface area contributed by atoms with Crippen LogP contribution in [0.15, 0.2) is 12.1 Å². The molecule has 19 heavy (non-hydrogen) atoms. The molecule has 0 fully saturated rings. The lowest BCUT2D eigenvalue weighted by Gasteiger charge is -2.15. The van der Waals surface area contributed by atoms with Crippen LogP contribution >= 0.6 is 0 Å². The summed E-state index contributed by atoms with van der Waals surface area (Å²) in [6.45, 7) is 7.52. The number of hydrogen-bond acceptors (Lipinski definition) is 3. The van der Waals surface area contributed by atoms with Crippen molar-refractivity contribution in [1.82, 2.24) is 0 Å². The predicted molar refractivity (Wildman–Crippen MR) is 77.4 cm³/mol. The summed E-state index contributed by atoms with van der Waals surface area (Å²) in [6.07, 6.45) is 5.02. The second kappa shape index (κ2) is 8.57. The maximum Gasteiger partial charge on any atom is 0.153 e. The summed E-state index contributed by atoms with van der Waals surface area (Å²) in [5.41, 5.74) is 1.51. The smallest absolute Gasteiger partial charge is 0.153 e. The predicted octanol–water partition coefficient (Wildman–Crippen LogP) is 4.17. The number of carbonyl (C=O) groups is 1. The van der Waals surface area contributed by atoms with Crippen LogP contribution in [0.5, 0.6) is 11.5 Å². The molecule has 0 aliphatic rings. The van der Waals surface area contributed by atoms with E-state index in [2.05, 4.69) is 13.8 Å². The molecule has 0 saturated carbocycles. The minimum Gasteiger partial charge on any atom is -0.493 e. The molecule has 1 aromatic rings. The highest BCUT2D eigenvalue weighted by Gasteiger charge is 2.12. The van der Waals surface area contributed by atoms with Crippen molar-refractivity contribution in [2.45, 2.75) is 46.5 Å². The van der Waals surface area contributed by atoms with E-state index in [1.807, 2.05) is 13.0 Å². The molecular formula is C16H24O3. The van der Waals surface area contributed by atoms with Gasteiger partial charge in [-0.2, -0.15) is 0 Å². The number of carbonyl (C=O) groups excluding carboxylic acids is 1. The molecule has 0 spiro atoms. The van der Waals surface area contributed by atoms with Gasteiger partial charge < -0.3 is 9.47 Å². The zero-order chi connectivity index (χ0) is 14.1. The second-order valence-electron chi connectivity index (χ2n) is 4.63. The van der Waals surface area contributed by atoms with E-state index in [1.165, 1.54) is 0 Å².